The third kappa shape index (κ3) is 3.44. The summed E-state index contributed by atoms with van der Waals surface area (Å²) in [4.78, 5) is 0.105. The monoisotopic (exact) mass is 333 g/mol. The van der Waals surface area contributed by atoms with Crippen LogP contribution >= 0.6 is 11.6 Å². The van der Waals surface area contributed by atoms with Crippen LogP contribution in [0.25, 0.3) is 0 Å². The van der Waals surface area contributed by atoms with Crippen LogP contribution in [0.15, 0.2) is 17.0 Å². The first-order valence-corrected chi connectivity index (χ1v) is 8.74. The van der Waals surface area contributed by atoms with E-state index in [1.807, 2.05) is 0 Å². The topological polar surface area (TPSA) is 55.8 Å². The van der Waals surface area contributed by atoms with Crippen molar-refractivity contribution in [1.29, 1.82) is 0 Å². The third-order valence-corrected chi connectivity index (χ3v) is 5.84. The Balaban J connectivity index is 2.47. The Labute approximate surface area is 130 Å². The molecule has 1 heterocycles. The molecule has 0 spiro atoms. The molecule has 0 aliphatic carbocycles. The van der Waals surface area contributed by atoms with Crippen LogP contribution in [0.4, 0.5) is 0 Å². The van der Waals surface area contributed by atoms with E-state index >= 15 is 0 Å². The van der Waals surface area contributed by atoms with E-state index in [0.717, 1.165) is 25.7 Å². The Morgan fingerprint density at radius 3 is 2.10 bits per heavy atom. The van der Waals surface area contributed by atoms with Crippen LogP contribution in [-0.4, -0.2) is 40.0 Å². The molecule has 7 heteroatoms. The highest BCUT2D eigenvalue weighted by Gasteiger charge is 2.29. The number of benzene rings is 1. The lowest BCUT2D eigenvalue weighted by atomic mass is 10.2. The van der Waals surface area contributed by atoms with Gasteiger partial charge in [-0.25, -0.2) is 8.42 Å². The minimum absolute atomic E-state index is 0.105. The molecule has 0 radical (unpaired) electrons. The van der Waals surface area contributed by atoms with Crippen molar-refractivity contribution in [3.05, 3.63) is 17.2 Å². The first-order chi connectivity index (χ1) is 10.0. The summed E-state index contributed by atoms with van der Waals surface area (Å²) in [7, 11) is -0.723. The number of nitrogens with zero attached hydrogens (tertiary/aromatic N) is 1. The normalized spacial score (nSPS) is 17.3. The summed E-state index contributed by atoms with van der Waals surface area (Å²) in [5.74, 6) is 0.566. The lowest BCUT2D eigenvalue weighted by molar-refractivity contribution is 0.384. The molecule has 0 aromatic heterocycles. The molecule has 2 rings (SSSR count). The van der Waals surface area contributed by atoms with Crippen molar-refractivity contribution in [2.45, 2.75) is 30.6 Å². The summed E-state index contributed by atoms with van der Waals surface area (Å²) < 4.78 is 37.5. The summed E-state index contributed by atoms with van der Waals surface area (Å²) in [5.41, 5.74) is 0. The van der Waals surface area contributed by atoms with Gasteiger partial charge in [0.05, 0.1) is 19.2 Å². The van der Waals surface area contributed by atoms with E-state index in [1.165, 1.54) is 30.7 Å². The Kier molecular flexibility index (Phi) is 5.35. The lowest BCUT2D eigenvalue weighted by Crippen LogP contribution is -2.32. The number of hydrogen-bond donors (Lipinski definition) is 0. The van der Waals surface area contributed by atoms with Crippen LogP contribution in [0.1, 0.15) is 25.7 Å². The largest absolute Gasteiger partial charge is 0.495 e. The highest BCUT2D eigenvalue weighted by atomic mass is 35.5. The lowest BCUT2D eigenvalue weighted by Gasteiger charge is -2.22. The first kappa shape index (κ1) is 16.4. The van der Waals surface area contributed by atoms with Crippen molar-refractivity contribution >= 4 is 21.6 Å². The zero-order valence-corrected chi connectivity index (χ0v) is 13.8. The highest BCUT2D eigenvalue weighted by Crippen LogP contribution is 2.36. The number of rotatable bonds is 4. The Morgan fingerprint density at radius 2 is 1.57 bits per heavy atom. The molecule has 21 heavy (non-hydrogen) atoms. The Bertz CT molecular complexity index is 595. The summed E-state index contributed by atoms with van der Waals surface area (Å²) in [6, 6.07) is 2.91. The zero-order valence-electron chi connectivity index (χ0n) is 12.3. The van der Waals surface area contributed by atoms with Crippen LogP contribution in [-0.2, 0) is 10.0 Å². The summed E-state index contributed by atoms with van der Waals surface area (Å²) in [6.45, 7) is 1.08. The number of hydrogen-bond acceptors (Lipinski definition) is 4. The van der Waals surface area contributed by atoms with Crippen molar-refractivity contribution in [1.82, 2.24) is 4.31 Å². The van der Waals surface area contributed by atoms with Gasteiger partial charge in [-0.05, 0) is 12.8 Å². The fourth-order valence-corrected chi connectivity index (χ4v) is 4.36. The SMILES string of the molecule is COc1cc(S(=O)(=O)N2CCCCCC2)c(OC)cc1Cl. The predicted molar refractivity (Wildman–Crippen MR) is 81.8 cm³/mol. The Morgan fingerprint density at radius 1 is 1.00 bits per heavy atom. The highest BCUT2D eigenvalue weighted by molar-refractivity contribution is 7.89. The molecule has 1 aromatic rings. The van der Waals surface area contributed by atoms with Crippen LogP contribution in [0.3, 0.4) is 0 Å². The minimum atomic E-state index is -3.61. The van der Waals surface area contributed by atoms with Crippen LogP contribution < -0.4 is 9.47 Å². The number of methoxy groups -OCH3 is 2. The summed E-state index contributed by atoms with van der Waals surface area (Å²) in [6.07, 6.45) is 3.89. The molecule has 0 saturated carbocycles. The van der Waals surface area contributed by atoms with E-state index < -0.39 is 10.0 Å². The van der Waals surface area contributed by atoms with Gasteiger partial charge in [-0.3, -0.25) is 0 Å². The molecular weight excluding hydrogens is 314 g/mol. The molecule has 5 nitrogen and oxygen atoms in total. The molecule has 1 aliphatic rings. The van der Waals surface area contributed by atoms with E-state index in [0.29, 0.717) is 23.9 Å². The van der Waals surface area contributed by atoms with Gasteiger partial charge in [0.1, 0.15) is 16.4 Å². The van der Waals surface area contributed by atoms with Crippen LogP contribution in [0.5, 0.6) is 11.5 Å². The molecule has 1 aliphatic heterocycles. The van der Waals surface area contributed by atoms with E-state index in [1.54, 1.807) is 0 Å². The molecule has 0 amide bonds. The van der Waals surface area contributed by atoms with E-state index in [4.69, 9.17) is 21.1 Å². The molecule has 0 bridgehead atoms. The predicted octanol–water partition coefficient (Wildman–Crippen LogP) is 2.92. The fourth-order valence-electron chi connectivity index (χ4n) is 2.46. The van der Waals surface area contributed by atoms with Gasteiger partial charge >= 0.3 is 0 Å². The van der Waals surface area contributed by atoms with E-state index in [-0.39, 0.29) is 10.6 Å². The minimum Gasteiger partial charge on any atom is -0.495 e. The van der Waals surface area contributed by atoms with Gasteiger partial charge in [-0.2, -0.15) is 4.31 Å². The molecular formula is C14H20ClNO4S. The maximum atomic E-state index is 12.8. The zero-order chi connectivity index (χ0) is 15.5. The average molecular weight is 334 g/mol. The second kappa shape index (κ2) is 6.85. The van der Waals surface area contributed by atoms with Gasteiger partial charge < -0.3 is 9.47 Å². The molecule has 1 saturated heterocycles. The molecule has 1 fully saturated rings. The Hall–Kier alpha value is -0.980. The smallest absolute Gasteiger partial charge is 0.246 e. The maximum Gasteiger partial charge on any atom is 0.246 e. The number of ether oxygens (including phenoxy) is 2. The quantitative estimate of drug-likeness (QED) is 0.850. The van der Waals surface area contributed by atoms with Crippen molar-refractivity contribution in [2.24, 2.45) is 0 Å². The van der Waals surface area contributed by atoms with Crippen molar-refractivity contribution in [3.8, 4) is 11.5 Å². The molecule has 0 unspecified atom stereocenters. The van der Waals surface area contributed by atoms with Crippen LogP contribution in [0, 0.1) is 0 Å². The second-order valence-electron chi connectivity index (χ2n) is 4.96. The van der Waals surface area contributed by atoms with Gasteiger partial charge in [-0.1, -0.05) is 24.4 Å². The standard InChI is InChI=1S/C14H20ClNO4S/c1-19-12-10-14(13(20-2)9-11(12)15)21(17,18)16-7-5-3-4-6-8-16/h9-10H,3-8H2,1-2H3. The van der Waals surface area contributed by atoms with Gasteiger partial charge in [0.25, 0.3) is 0 Å². The second-order valence-corrected chi connectivity index (χ2v) is 7.27. The van der Waals surface area contributed by atoms with Crippen molar-refractivity contribution in [3.63, 3.8) is 0 Å². The molecule has 0 N–H and O–H groups in total. The summed E-state index contributed by atoms with van der Waals surface area (Å²) >= 11 is 6.03. The van der Waals surface area contributed by atoms with E-state index in [2.05, 4.69) is 0 Å². The first-order valence-electron chi connectivity index (χ1n) is 6.92. The third-order valence-electron chi connectivity index (χ3n) is 3.62. The summed E-state index contributed by atoms with van der Waals surface area (Å²) in [5, 5.41) is 0.323. The number of halogens is 1. The maximum absolute atomic E-state index is 12.8. The molecule has 118 valence electrons. The fraction of sp³-hybridized carbons (Fsp3) is 0.571. The van der Waals surface area contributed by atoms with Gasteiger partial charge in [0.2, 0.25) is 10.0 Å². The van der Waals surface area contributed by atoms with Gasteiger partial charge in [0.15, 0.2) is 0 Å². The average Bonchev–Trinajstić information content (AvgIpc) is 2.76. The van der Waals surface area contributed by atoms with Gasteiger partial charge in [0, 0.05) is 25.2 Å². The molecule has 1 aromatic carbocycles. The van der Waals surface area contributed by atoms with Gasteiger partial charge in [-0.15, -0.1) is 0 Å². The van der Waals surface area contributed by atoms with Crippen LogP contribution in [0.2, 0.25) is 5.02 Å². The molecule has 0 atom stereocenters. The van der Waals surface area contributed by atoms with Crippen molar-refractivity contribution < 1.29 is 17.9 Å². The number of sulfonamides is 1. The van der Waals surface area contributed by atoms with Crippen molar-refractivity contribution in [2.75, 3.05) is 27.3 Å². The van der Waals surface area contributed by atoms with E-state index in [9.17, 15) is 8.42 Å².